The Morgan fingerprint density at radius 3 is 2.42 bits per heavy atom. The van der Waals surface area contributed by atoms with Crippen molar-refractivity contribution < 1.29 is 14.3 Å². The van der Waals surface area contributed by atoms with E-state index in [1.807, 2.05) is 43.3 Å². The van der Waals surface area contributed by atoms with Gasteiger partial charge in [0, 0.05) is 35.7 Å². The molecule has 5 N–H and O–H groups in total. The molecule has 0 atom stereocenters. The predicted octanol–water partition coefficient (Wildman–Crippen LogP) is 5.16. The van der Waals surface area contributed by atoms with Gasteiger partial charge in [0.15, 0.2) is 5.82 Å². The highest BCUT2D eigenvalue weighted by molar-refractivity contribution is 6.07. The normalized spacial score (nSPS) is 10.7. The van der Waals surface area contributed by atoms with Crippen molar-refractivity contribution in [2.24, 2.45) is 0 Å². The highest BCUT2D eigenvalue weighted by Gasteiger charge is 2.21. The van der Waals surface area contributed by atoms with Crippen molar-refractivity contribution >= 4 is 34.6 Å². The van der Waals surface area contributed by atoms with E-state index in [0.29, 0.717) is 46.1 Å². The van der Waals surface area contributed by atoms with Crippen LogP contribution in [0.15, 0.2) is 91.4 Å². The molecule has 0 saturated heterocycles. The summed E-state index contributed by atoms with van der Waals surface area (Å²) in [6.45, 7) is 2.32. The first kappa shape index (κ1) is 24.3. The number of aromatic nitrogens is 3. The van der Waals surface area contributed by atoms with Crippen LogP contribution < -0.4 is 26.4 Å². The van der Waals surface area contributed by atoms with Crippen molar-refractivity contribution in [1.82, 2.24) is 19.9 Å². The molecule has 5 rings (SSSR count). The molecule has 38 heavy (non-hydrogen) atoms. The second kappa shape index (κ2) is 10.7. The molecule has 10 heteroatoms. The van der Waals surface area contributed by atoms with Crippen LogP contribution in [0.4, 0.5) is 22.0 Å². The molecule has 0 fully saturated rings. The summed E-state index contributed by atoms with van der Waals surface area (Å²) in [5.74, 6) is 1.32. The average Bonchev–Trinajstić information content (AvgIpc) is 3.31. The highest BCUT2D eigenvalue weighted by Crippen LogP contribution is 2.33. The minimum Gasteiger partial charge on any atom is -0.457 e. The zero-order valence-corrected chi connectivity index (χ0v) is 20.5. The Balaban J connectivity index is 1.32. The SMILES string of the molecule is CCNC(=O)c1cn2ncnc(N)c2c1-c1ccc(NC(=O)Nc2cccc(Oc3ccccc3)c2)cc1. The zero-order valence-electron chi connectivity index (χ0n) is 20.5. The number of fused-ring (bicyclic) bond motifs is 1. The molecule has 0 spiro atoms. The maximum atomic E-state index is 12.7. The number of anilines is 3. The fourth-order valence-electron chi connectivity index (χ4n) is 4.03. The Hall–Kier alpha value is -5.38. The van der Waals surface area contributed by atoms with Crippen LogP contribution in [-0.4, -0.2) is 33.1 Å². The molecule has 5 aromatic rings. The topological polar surface area (TPSA) is 136 Å². The predicted molar refractivity (Wildman–Crippen MR) is 146 cm³/mol. The Bertz CT molecular complexity index is 1600. The molecule has 0 radical (unpaired) electrons. The van der Waals surface area contributed by atoms with Crippen LogP contribution in [0, 0.1) is 0 Å². The van der Waals surface area contributed by atoms with E-state index in [1.54, 1.807) is 48.7 Å². The first-order valence-corrected chi connectivity index (χ1v) is 11.9. The van der Waals surface area contributed by atoms with Gasteiger partial charge in [-0.1, -0.05) is 36.4 Å². The Morgan fingerprint density at radius 1 is 0.921 bits per heavy atom. The van der Waals surface area contributed by atoms with Gasteiger partial charge >= 0.3 is 6.03 Å². The van der Waals surface area contributed by atoms with Crippen molar-refractivity contribution in [2.45, 2.75) is 6.92 Å². The minimum absolute atomic E-state index is 0.243. The maximum Gasteiger partial charge on any atom is 0.323 e. The summed E-state index contributed by atoms with van der Waals surface area (Å²) in [5.41, 5.74) is 9.57. The Kier molecular flexibility index (Phi) is 6.85. The van der Waals surface area contributed by atoms with E-state index >= 15 is 0 Å². The molecule has 3 aromatic carbocycles. The monoisotopic (exact) mass is 507 g/mol. The average molecular weight is 508 g/mol. The maximum absolute atomic E-state index is 12.7. The number of para-hydroxylation sites is 1. The van der Waals surface area contributed by atoms with Gasteiger partial charge in [-0.05, 0) is 48.9 Å². The highest BCUT2D eigenvalue weighted by atomic mass is 16.5. The summed E-state index contributed by atoms with van der Waals surface area (Å²) in [4.78, 5) is 29.5. The summed E-state index contributed by atoms with van der Waals surface area (Å²) in [6, 6.07) is 23.2. The second-order valence-corrected chi connectivity index (χ2v) is 8.32. The lowest BCUT2D eigenvalue weighted by molar-refractivity contribution is 0.0956. The molecular weight excluding hydrogens is 482 g/mol. The first-order valence-electron chi connectivity index (χ1n) is 11.9. The number of hydrogen-bond donors (Lipinski definition) is 4. The summed E-state index contributed by atoms with van der Waals surface area (Å²) in [6.07, 6.45) is 2.96. The molecule has 0 aliphatic heterocycles. The van der Waals surface area contributed by atoms with E-state index in [1.165, 1.54) is 10.8 Å². The van der Waals surface area contributed by atoms with E-state index in [2.05, 4.69) is 26.0 Å². The lowest BCUT2D eigenvalue weighted by Crippen LogP contribution is -2.22. The van der Waals surface area contributed by atoms with E-state index < -0.39 is 6.03 Å². The Labute approximate surface area is 218 Å². The standard InChI is InChI=1S/C28H25N7O3/c1-2-30-27(36)23-16-35-25(26(29)31-17-32-35)24(23)18-11-13-19(14-12-18)33-28(37)34-20-7-6-10-22(15-20)38-21-8-4-3-5-9-21/h3-17H,2H2,1H3,(H,30,36)(H2,29,31,32)(H2,33,34,37). The van der Waals surface area contributed by atoms with E-state index in [4.69, 9.17) is 10.5 Å². The largest absolute Gasteiger partial charge is 0.457 e. The minimum atomic E-state index is -0.412. The molecule has 0 unspecified atom stereocenters. The number of benzene rings is 3. The lowest BCUT2D eigenvalue weighted by atomic mass is 10.0. The number of ether oxygens (including phenoxy) is 1. The van der Waals surface area contributed by atoms with Crippen LogP contribution in [0.5, 0.6) is 11.5 Å². The van der Waals surface area contributed by atoms with Gasteiger partial charge in [-0.2, -0.15) is 5.10 Å². The van der Waals surface area contributed by atoms with Gasteiger partial charge in [0.05, 0.1) is 5.56 Å². The number of carbonyl (C=O) groups excluding carboxylic acids is 2. The van der Waals surface area contributed by atoms with Gasteiger partial charge in [0.2, 0.25) is 0 Å². The summed E-state index contributed by atoms with van der Waals surface area (Å²) >= 11 is 0. The molecule has 0 saturated carbocycles. The number of nitrogen functional groups attached to an aromatic ring is 1. The summed E-state index contributed by atoms with van der Waals surface area (Å²) in [5, 5.41) is 12.6. The zero-order chi connectivity index (χ0) is 26.5. The lowest BCUT2D eigenvalue weighted by Gasteiger charge is -2.11. The number of nitrogens with two attached hydrogens (primary N) is 1. The van der Waals surface area contributed by atoms with Crippen LogP contribution >= 0.6 is 0 Å². The van der Waals surface area contributed by atoms with Crippen LogP contribution in [0.2, 0.25) is 0 Å². The van der Waals surface area contributed by atoms with Gasteiger partial charge < -0.3 is 26.4 Å². The number of nitrogens with zero attached hydrogens (tertiary/aromatic N) is 3. The van der Waals surface area contributed by atoms with Crippen molar-refractivity contribution in [3.8, 4) is 22.6 Å². The number of nitrogens with one attached hydrogen (secondary N) is 3. The van der Waals surface area contributed by atoms with Crippen LogP contribution in [-0.2, 0) is 0 Å². The van der Waals surface area contributed by atoms with Crippen molar-refractivity contribution in [2.75, 3.05) is 22.9 Å². The van der Waals surface area contributed by atoms with Gasteiger partial charge in [-0.15, -0.1) is 0 Å². The van der Waals surface area contributed by atoms with Crippen molar-refractivity contribution in [3.05, 3.63) is 97.0 Å². The van der Waals surface area contributed by atoms with E-state index in [9.17, 15) is 9.59 Å². The van der Waals surface area contributed by atoms with Gasteiger partial charge in [-0.25, -0.2) is 14.3 Å². The smallest absolute Gasteiger partial charge is 0.323 e. The molecule has 0 bridgehead atoms. The second-order valence-electron chi connectivity index (χ2n) is 8.32. The first-order chi connectivity index (χ1) is 18.5. The Morgan fingerprint density at radius 2 is 1.66 bits per heavy atom. The van der Waals surface area contributed by atoms with Gasteiger partial charge in [0.25, 0.3) is 5.91 Å². The van der Waals surface area contributed by atoms with Crippen molar-refractivity contribution in [3.63, 3.8) is 0 Å². The molecule has 2 heterocycles. The quantitative estimate of drug-likeness (QED) is 0.240. The third-order valence-corrected chi connectivity index (χ3v) is 5.69. The number of urea groups is 1. The van der Waals surface area contributed by atoms with Crippen LogP contribution in [0.25, 0.3) is 16.6 Å². The molecule has 10 nitrogen and oxygen atoms in total. The van der Waals surface area contributed by atoms with E-state index in [-0.39, 0.29) is 11.7 Å². The van der Waals surface area contributed by atoms with Crippen molar-refractivity contribution in [1.29, 1.82) is 0 Å². The molecule has 190 valence electrons. The number of carbonyl (C=O) groups is 2. The number of rotatable bonds is 7. The van der Waals surface area contributed by atoms with Gasteiger partial charge in [0.1, 0.15) is 23.3 Å². The van der Waals surface area contributed by atoms with Crippen LogP contribution in [0.3, 0.4) is 0 Å². The number of hydrogen-bond acceptors (Lipinski definition) is 6. The molecular formula is C28H25N7O3. The molecule has 0 aliphatic rings. The summed E-state index contributed by atoms with van der Waals surface area (Å²) in [7, 11) is 0. The van der Waals surface area contributed by atoms with E-state index in [0.717, 1.165) is 5.56 Å². The fourth-order valence-corrected chi connectivity index (χ4v) is 4.03. The fraction of sp³-hybridized carbons (Fsp3) is 0.0714. The summed E-state index contributed by atoms with van der Waals surface area (Å²) < 4.78 is 7.37. The third-order valence-electron chi connectivity index (χ3n) is 5.69. The van der Waals surface area contributed by atoms with Crippen LogP contribution in [0.1, 0.15) is 17.3 Å². The number of amides is 3. The molecule has 0 aliphatic carbocycles. The molecule has 3 amide bonds. The van der Waals surface area contributed by atoms with Gasteiger partial charge in [-0.3, -0.25) is 4.79 Å². The molecule has 2 aromatic heterocycles. The third kappa shape index (κ3) is 5.24.